The summed E-state index contributed by atoms with van der Waals surface area (Å²) in [6.45, 7) is 7.68. The van der Waals surface area contributed by atoms with E-state index in [-0.39, 0.29) is 12.0 Å². The fraction of sp³-hybridized carbons (Fsp3) is 1.00. The first-order valence-corrected chi connectivity index (χ1v) is 5.77. The molecule has 1 atom stereocenters. The second-order valence-corrected chi connectivity index (χ2v) is 4.86. The molecule has 1 unspecified atom stereocenters. The Morgan fingerprint density at radius 2 is 2.20 bits per heavy atom. The van der Waals surface area contributed by atoms with Crippen LogP contribution in [0, 0.1) is 5.41 Å². The van der Waals surface area contributed by atoms with E-state index in [4.69, 9.17) is 0 Å². The second-order valence-electron chi connectivity index (χ2n) is 4.86. The van der Waals surface area contributed by atoms with Gasteiger partial charge in [0.1, 0.15) is 0 Å². The van der Waals surface area contributed by atoms with Crippen molar-refractivity contribution in [1.82, 2.24) is 10.2 Å². The van der Waals surface area contributed by atoms with Crippen LogP contribution in [0.5, 0.6) is 0 Å². The average molecular weight is 220 g/mol. The predicted octanol–water partition coefficient (Wildman–Crippen LogP) is 1.96. The zero-order valence-electron chi connectivity index (χ0n) is 9.73. The fourth-order valence-corrected chi connectivity index (χ4v) is 2.29. The lowest BCUT2D eigenvalue weighted by Crippen LogP contribution is -2.40. The monoisotopic (exact) mass is 220 g/mol. The van der Waals surface area contributed by atoms with Crippen molar-refractivity contribution in [3.8, 4) is 0 Å². The van der Waals surface area contributed by atoms with Gasteiger partial charge in [0, 0.05) is 13.1 Å². The quantitative estimate of drug-likeness (QED) is 0.736. The minimum absolute atomic E-state index is 0.0799. The molecule has 0 amide bonds. The molecule has 4 heteroatoms. The highest BCUT2D eigenvalue weighted by Gasteiger charge is 2.31. The van der Waals surface area contributed by atoms with Crippen molar-refractivity contribution in [2.75, 3.05) is 32.7 Å². The highest BCUT2D eigenvalue weighted by atomic mass is 19.3. The van der Waals surface area contributed by atoms with E-state index in [0.717, 1.165) is 39.0 Å². The molecule has 0 aromatic rings. The first-order valence-electron chi connectivity index (χ1n) is 5.77. The molecule has 1 N–H and O–H groups in total. The number of nitrogens with one attached hydrogen (secondary N) is 1. The first kappa shape index (κ1) is 12.8. The summed E-state index contributed by atoms with van der Waals surface area (Å²) in [6.07, 6.45) is -0.179. The molecule has 1 rings (SSSR count). The molecule has 0 saturated carbocycles. The Labute approximate surface area is 91.0 Å². The number of hydrogen-bond acceptors (Lipinski definition) is 2. The van der Waals surface area contributed by atoms with E-state index in [1.165, 1.54) is 0 Å². The summed E-state index contributed by atoms with van der Waals surface area (Å²) in [5.41, 5.74) is 0.185. The molecular formula is C11H22F2N2. The van der Waals surface area contributed by atoms with Crippen LogP contribution in [0.15, 0.2) is 0 Å². The Hall–Kier alpha value is -0.220. The van der Waals surface area contributed by atoms with Gasteiger partial charge in [0.05, 0.1) is 6.54 Å². The Morgan fingerprint density at radius 3 is 2.67 bits per heavy atom. The smallest absolute Gasteiger partial charge is 0.251 e. The number of nitrogens with zero attached hydrogens (tertiary/aromatic N) is 1. The van der Waals surface area contributed by atoms with Gasteiger partial charge in [-0.15, -0.1) is 0 Å². The largest absolute Gasteiger partial charge is 0.316 e. The number of rotatable bonds is 6. The predicted molar refractivity (Wildman–Crippen MR) is 58.3 cm³/mol. The number of halogens is 2. The summed E-state index contributed by atoms with van der Waals surface area (Å²) in [5, 5.41) is 3.30. The average Bonchev–Trinajstić information content (AvgIpc) is 2.51. The molecule has 1 aliphatic heterocycles. The lowest BCUT2D eigenvalue weighted by atomic mass is 9.89. The van der Waals surface area contributed by atoms with Gasteiger partial charge < -0.3 is 5.32 Å². The van der Waals surface area contributed by atoms with E-state index in [0.29, 0.717) is 0 Å². The Balaban J connectivity index is 2.41. The van der Waals surface area contributed by atoms with Gasteiger partial charge in [-0.2, -0.15) is 0 Å². The fourth-order valence-electron chi connectivity index (χ4n) is 2.29. The zero-order chi connectivity index (χ0) is 11.3. The Morgan fingerprint density at radius 1 is 1.47 bits per heavy atom. The molecule has 0 bridgehead atoms. The minimum Gasteiger partial charge on any atom is -0.316 e. The van der Waals surface area contributed by atoms with E-state index in [2.05, 4.69) is 12.2 Å². The molecule has 0 aromatic carbocycles. The van der Waals surface area contributed by atoms with Crippen LogP contribution < -0.4 is 5.32 Å². The summed E-state index contributed by atoms with van der Waals surface area (Å²) in [4.78, 5) is 1.90. The summed E-state index contributed by atoms with van der Waals surface area (Å²) < 4.78 is 24.7. The molecule has 0 aliphatic carbocycles. The maximum Gasteiger partial charge on any atom is 0.251 e. The molecule has 0 aromatic heterocycles. The van der Waals surface area contributed by atoms with Crippen LogP contribution in [0.1, 0.15) is 26.7 Å². The van der Waals surface area contributed by atoms with Crippen LogP contribution in [-0.4, -0.2) is 44.0 Å². The maximum atomic E-state index is 12.3. The van der Waals surface area contributed by atoms with Crippen molar-refractivity contribution in [2.45, 2.75) is 33.1 Å². The van der Waals surface area contributed by atoms with Crippen LogP contribution in [0.3, 0.4) is 0 Å². The summed E-state index contributed by atoms with van der Waals surface area (Å²) in [5.74, 6) is 0. The third-order valence-corrected chi connectivity index (χ3v) is 3.00. The van der Waals surface area contributed by atoms with Gasteiger partial charge in [-0.3, -0.25) is 4.90 Å². The van der Waals surface area contributed by atoms with Crippen molar-refractivity contribution < 1.29 is 8.78 Å². The molecule has 0 spiro atoms. The lowest BCUT2D eigenvalue weighted by molar-refractivity contribution is 0.0681. The molecule has 1 fully saturated rings. The first-order chi connectivity index (χ1) is 7.06. The molecule has 1 aliphatic rings. The standard InChI is InChI=1S/C11H22F2N2/c1-3-6-15(7-10(12)13)9-11(2)4-5-14-8-11/h10,14H,3-9H2,1-2H3. The Bertz CT molecular complexity index is 179. The normalized spacial score (nSPS) is 26.8. The van der Waals surface area contributed by atoms with Gasteiger partial charge >= 0.3 is 0 Å². The van der Waals surface area contributed by atoms with Crippen molar-refractivity contribution in [3.63, 3.8) is 0 Å². The topological polar surface area (TPSA) is 15.3 Å². The van der Waals surface area contributed by atoms with E-state index < -0.39 is 6.43 Å². The zero-order valence-corrected chi connectivity index (χ0v) is 9.73. The van der Waals surface area contributed by atoms with E-state index >= 15 is 0 Å². The van der Waals surface area contributed by atoms with E-state index in [9.17, 15) is 8.78 Å². The summed E-state index contributed by atoms with van der Waals surface area (Å²) >= 11 is 0. The van der Waals surface area contributed by atoms with Crippen LogP contribution in [0.4, 0.5) is 8.78 Å². The third kappa shape index (κ3) is 4.43. The van der Waals surface area contributed by atoms with Crippen LogP contribution in [0.25, 0.3) is 0 Å². The minimum atomic E-state index is -2.21. The van der Waals surface area contributed by atoms with Crippen molar-refractivity contribution in [3.05, 3.63) is 0 Å². The van der Waals surface area contributed by atoms with Crippen LogP contribution >= 0.6 is 0 Å². The van der Waals surface area contributed by atoms with Crippen LogP contribution in [-0.2, 0) is 0 Å². The summed E-state index contributed by atoms with van der Waals surface area (Å²) in [6, 6.07) is 0. The van der Waals surface area contributed by atoms with Crippen LogP contribution in [0.2, 0.25) is 0 Å². The molecule has 0 radical (unpaired) electrons. The Kier molecular flexibility index (Phi) is 4.93. The van der Waals surface area contributed by atoms with Crippen molar-refractivity contribution in [2.24, 2.45) is 5.41 Å². The SMILES string of the molecule is CCCN(CC(F)F)CC1(C)CCNC1. The number of hydrogen-bond donors (Lipinski definition) is 1. The van der Waals surface area contributed by atoms with E-state index in [1.54, 1.807) is 0 Å². The van der Waals surface area contributed by atoms with E-state index in [1.807, 2.05) is 11.8 Å². The lowest BCUT2D eigenvalue weighted by Gasteiger charge is -2.31. The highest BCUT2D eigenvalue weighted by molar-refractivity contribution is 4.86. The number of alkyl halides is 2. The molecule has 90 valence electrons. The van der Waals surface area contributed by atoms with Gasteiger partial charge in [0.15, 0.2) is 0 Å². The van der Waals surface area contributed by atoms with Crippen molar-refractivity contribution in [1.29, 1.82) is 0 Å². The molecular weight excluding hydrogens is 198 g/mol. The molecule has 1 heterocycles. The third-order valence-electron chi connectivity index (χ3n) is 3.00. The summed E-state index contributed by atoms with van der Waals surface area (Å²) in [7, 11) is 0. The van der Waals surface area contributed by atoms with Crippen molar-refractivity contribution >= 4 is 0 Å². The maximum absolute atomic E-state index is 12.3. The second kappa shape index (κ2) is 5.75. The van der Waals surface area contributed by atoms with Gasteiger partial charge in [-0.1, -0.05) is 13.8 Å². The molecule has 1 saturated heterocycles. The molecule has 15 heavy (non-hydrogen) atoms. The highest BCUT2D eigenvalue weighted by Crippen LogP contribution is 2.25. The van der Waals surface area contributed by atoms with Gasteiger partial charge in [0.25, 0.3) is 6.43 Å². The molecule has 2 nitrogen and oxygen atoms in total. The van der Waals surface area contributed by atoms with Gasteiger partial charge in [0.2, 0.25) is 0 Å². The van der Waals surface area contributed by atoms with Gasteiger partial charge in [-0.25, -0.2) is 8.78 Å². The van der Waals surface area contributed by atoms with Gasteiger partial charge in [-0.05, 0) is 31.3 Å².